The van der Waals surface area contributed by atoms with Crippen molar-refractivity contribution in [3.63, 3.8) is 0 Å². The number of methoxy groups -OCH3 is 1. The molecule has 0 fully saturated rings. The van der Waals surface area contributed by atoms with E-state index in [2.05, 4.69) is 53.6 Å². The highest BCUT2D eigenvalue weighted by atomic mass is 16.5. The van der Waals surface area contributed by atoms with Crippen molar-refractivity contribution in [2.24, 2.45) is 0 Å². The maximum absolute atomic E-state index is 5.19. The van der Waals surface area contributed by atoms with Gasteiger partial charge in [0.1, 0.15) is 5.75 Å². The van der Waals surface area contributed by atoms with Crippen molar-refractivity contribution in [2.75, 3.05) is 13.7 Å². The van der Waals surface area contributed by atoms with E-state index in [1.807, 2.05) is 36.7 Å². The third kappa shape index (κ3) is 4.68. The van der Waals surface area contributed by atoms with Gasteiger partial charge in [-0.2, -0.15) is 0 Å². The summed E-state index contributed by atoms with van der Waals surface area (Å²) in [6, 6.07) is 21.4. The second kappa shape index (κ2) is 8.45. The molecule has 1 heterocycles. The minimum atomic E-state index is 0.324. The summed E-state index contributed by atoms with van der Waals surface area (Å²) in [5.41, 5.74) is 5.03. The number of benzene rings is 2. The summed E-state index contributed by atoms with van der Waals surface area (Å²) in [7, 11) is 1.69. The molecule has 0 radical (unpaired) electrons. The van der Waals surface area contributed by atoms with E-state index in [-0.39, 0.29) is 0 Å². The predicted molar refractivity (Wildman–Crippen MR) is 103 cm³/mol. The van der Waals surface area contributed by atoms with Crippen LogP contribution in [0.4, 0.5) is 0 Å². The van der Waals surface area contributed by atoms with Gasteiger partial charge in [0, 0.05) is 18.4 Å². The molecule has 0 aliphatic heterocycles. The third-order valence-corrected chi connectivity index (χ3v) is 4.45. The fourth-order valence-electron chi connectivity index (χ4n) is 2.85. The lowest BCUT2D eigenvalue weighted by atomic mass is 10.0. The molecule has 1 aromatic heterocycles. The van der Waals surface area contributed by atoms with E-state index in [0.29, 0.717) is 6.04 Å². The third-order valence-electron chi connectivity index (χ3n) is 4.45. The zero-order valence-corrected chi connectivity index (χ0v) is 14.8. The number of hydrogen-bond acceptors (Lipinski definition) is 3. The van der Waals surface area contributed by atoms with Gasteiger partial charge in [0.15, 0.2) is 0 Å². The Morgan fingerprint density at radius 3 is 2.16 bits per heavy atom. The van der Waals surface area contributed by atoms with Gasteiger partial charge in [-0.15, -0.1) is 0 Å². The van der Waals surface area contributed by atoms with Crippen molar-refractivity contribution in [1.82, 2.24) is 10.3 Å². The summed E-state index contributed by atoms with van der Waals surface area (Å²) in [5.74, 6) is 0.902. The van der Waals surface area contributed by atoms with Gasteiger partial charge in [-0.3, -0.25) is 4.98 Å². The number of rotatable bonds is 7. The van der Waals surface area contributed by atoms with Crippen molar-refractivity contribution in [1.29, 1.82) is 0 Å². The first-order valence-corrected chi connectivity index (χ1v) is 8.63. The van der Waals surface area contributed by atoms with Crippen LogP contribution in [0.3, 0.4) is 0 Å². The molecular formula is C22H24N2O. The number of ether oxygens (including phenoxy) is 1. The molecule has 0 amide bonds. The number of hydrogen-bond donors (Lipinski definition) is 1. The Hall–Kier alpha value is -2.65. The van der Waals surface area contributed by atoms with Crippen LogP contribution in [0.15, 0.2) is 73.1 Å². The van der Waals surface area contributed by atoms with E-state index >= 15 is 0 Å². The first kappa shape index (κ1) is 17.2. The summed E-state index contributed by atoms with van der Waals surface area (Å²) >= 11 is 0. The molecule has 3 aromatic rings. The van der Waals surface area contributed by atoms with E-state index in [0.717, 1.165) is 18.7 Å². The van der Waals surface area contributed by atoms with E-state index in [1.54, 1.807) is 7.11 Å². The van der Waals surface area contributed by atoms with Crippen molar-refractivity contribution >= 4 is 0 Å². The second-order valence-electron chi connectivity index (χ2n) is 6.13. The first-order chi connectivity index (χ1) is 12.3. The molecular weight excluding hydrogens is 308 g/mol. The maximum Gasteiger partial charge on any atom is 0.118 e. The molecule has 2 aromatic carbocycles. The van der Waals surface area contributed by atoms with Crippen molar-refractivity contribution in [2.45, 2.75) is 19.4 Å². The van der Waals surface area contributed by atoms with Crippen LogP contribution in [0.1, 0.15) is 24.1 Å². The fraction of sp³-hybridized carbons (Fsp3) is 0.227. The quantitative estimate of drug-likeness (QED) is 0.684. The van der Waals surface area contributed by atoms with Crippen LogP contribution >= 0.6 is 0 Å². The lowest BCUT2D eigenvalue weighted by Crippen LogP contribution is -2.21. The first-order valence-electron chi connectivity index (χ1n) is 8.63. The van der Waals surface area contributed by atoms with Crippen LogP contribution < -0.4 is 10.1 Å². The highest BCUT2D eigenvalue weighted by Crippen LogP contribution is 2.21. The zero-order chi connectivity index (χ0) is 17.5. The van der Waals surface area contributed by atoms with Crippen LogP contribution in [0.2, 0.25) is 0 Å². The Morgan fingerprint density at radius 1 is 0.880 bits per heavy atom. The van der Waals surface area contributed by atoms with Gasteiger partial charge < -0.3 is 10.1 Å². The van der Waals surface area contributed by atoms with Crippen molar-refractivity contribution in [3.05, 3.63) is 84.2 Å². The normalized spacial score (nSPS) is 11.9. The Bertz CT molecular complexity index is 767. The van der Waals surface area contributed by atoms with Crippen LogP contribution in [0.5, 0.6) is 5.75 Å². The van der Waals surface area contributed by atoms with Gasteiger partial charge in [0.25, 0.3) is 0 Å². The van der Waals surface area contributed by atoms with Crippen LogP contribution in [-0.2, 0) is 6.42 Å². The second-order valence-corrected chi connectivity index (χ2v) is 6.13. The van der Waals surface area contributed by atoms with E-state index < -0.39 is 0 Å². The van der Waals surface area contributed by atoms with Gasteiger partial charge in [0.2, 0.25) is 0 Å². The molecule has 0 aliphatic carbocycles. The summed E-state index contributed by atoms with van der Waals surface area (Å²) < 4.78 is 5.19. The Morgan fingerprint density at radius 2 is 1.52 bits per heavy atom. The molecule has 25 heavy (non-hydrogen) atoms. The summed E-state index contributed by atoms with van der Waals surface area (Å²) in [6.07, 6.45) is 4.66. The molecule has 0 bridgehead atoms. The Labute approximate surface area is 149 Å². The zero-order valence-electron chi connectivity index (χ0n) is 14.8. The molecule has 1 atom stereocenters. The monoisotopic (exact) mass is 332 g/mol. The molecule has 0 spiro atoms. The average molecular weight is 332 g/mol. The van der Waals surface area contributed by atoms with Crippen LogP contribution in [0.25, 0.3) is 11.1 Å². The molecule has 0 saturated carbocycles. The summed E-state index contributed by atoms with van der Waals surface area (Å²) in [5, 5.41) is 3.59. The van der Waals surface area contributed by atoms with Gasteiger partial charge in [-0.25, -0.2) is 0 Å². The smallest absolute Gasteiger partial charge is 0.118 e. The number of aromatic nitrogens is 1. The number of nitrogens with one attached hydrogen (secondary N) is 1. The van der Waals surface area contributed by atoms with Gasteiger partial charge in [-0.05, 0) is 66.4 Å². The van der Waals surface area contributed by atoms with Gasteiger partial charge >= 0.3 is 0 Å². The molecule has 0 aliphatic rings. The molecule has 3 heteroatoms. The maximum atomic E-state index is 5.19. The Balaban J connectivity index is 1.53. The van der Waals surface area contributed by atoms with Gasteiger partial charge in [0.05, 0.1) is 7.11 Å². The molecule has 1 unspecified atom stereocenters. The van der Waals surface area contributed by atoms with Crippen molar-refractivity contribution in [3.8, 4) is 16.9 Å². The van der Waals surface area contributed by atoms with E-state index in [9.17, 15) is 0 Å². The molecule has 128 valence electrons. The predicted octanol–water partition coefficient (Wildman–Crippen LogP) is 4.65. The number of pyridine rings is 1. The van der Waals surface area contributed by atoms with Crippen LogP contribution in [-0.4, -0.2) is 18.6 Å². The standard InChI is InChI=1S/C22H24N2O/c1-17(24-16-11-18-3-9-22(25-2)10-4-18)19-5-7-20(8-6-19)21-12-14-23-15-13-21/h3-10,12-15,17,24H,11,16H2,1-2H3. The minimum absolute atomic E-state index is 0.324. The molecule has 3 nitrogen and oxygen atoms in total. The lowest BCUT2D eigenvalue weighted by molar-refractivity contribution is 0.414. The summed E-state index contributed by atoms with van der Waals surface area (Å²) in [4.78, 5) is 4.07. The lowest BCUT2D eigenvalue weighted by Gasteiger charge is -2.15. The molecule has 1 N–H and O–H groups in total. The number of nitrogens with zero attached hydrogens (tertiary/aromatic N) is 1. The summed E-state index contributed by atoms with van der Waals surface area (Å²) in [6.45, 7) is 3.15. The molecule has 3 rings (SSSR count). The highest BCUT2D eigenvalue weighted by Gasteiger charge is 2.05. The van der Waals surface area contributed by atoms with Crippen LogP contribution in [0, 0.1) is 0 Å². The molecule has 0 saturated heterocycles. The fourth-order valence-corrected chi connectivity index (χ4v) is 2.85. The van der Waals surface area contributed by atoms with Gasteiger partial charge in [-0.1, -0.05) is 36.4 Å². The Kier molecular flexibility index (Phi) is 5.81. The minimum Gasteiger partial charge on any atom is -0.497 e. The van der Waals surface area contributed by atoms with E-state index in [4.69, 9.17) is 4.74 Å². The largest absolute Gasteiger partial charge is 0.497 e. The SMILES string of the molecule is COc1ccc(CCNC(C)c2ccc(-c3ccncc3)cc2)cc1. The average Bonchev–Trinajstić information content (AvgIpc) is 2.69. The van der Waals surface area contributed by atoms with E-state index in [1.165, 1.54) is 22.3 Å². The van der Waals surface area contributed by atoms with Crippen molar-refractivity contribution < 1.29 is 4.74 Å². The topological polar surface area (TPSA) is 34.1 Å². The highest BCUT2D eigenvalue weighted by molar-refractivity contribution is 5.62.